The van der Waals surface area contributed by atoms with E-state index in [0.717, 1.165) is 12.0 Å². The fourth-order valence-electron chi connectivity index (χ4n) is 1.55. The van der Waals surface area contributed by atoms with Gasteiger partial charge in [0, 0.05) is 12.1 Å². The van der Waals surface area contributed by atoms with Gasteiger partial charge in [0.25, 0.3) is 0 Å². The number of rotatable bonds is 7. The van der Waals surface area contributed by atoms with Gasteiger partial charge in [-0.2, -0.15) is 0 Å². The summed E-state index contributed by atoms with van der Waals surface area (Å²) in [6, 6.07) is 5.59. The maximum Gasteiger partial charge on any atom is 0.238 e. The molecule has 4 nitrogen and oxygen atoms in total. The first-order valence-electron chi connectivity index (χ1n) is 6.30. The van der Waals surface area contributed by atoms with E-state index in [9.17, 15) is 4.79 Å². The van der Waals surface area contributed by atoms with Gasteiger partial charge in [-0.25, -0.2) is 0 Å². The molecule has 0 bridgehead atoms. The van der Waals surface area contributed by atoms with Crippen molar-refractivity contribution in [3.05, 3.63) is 23.8 Å². The maximum absolute atomic E-state index is 11.5. The standard InChI is InChI=1S/C14H20ClNO3/c1-4-8-19-13-11(6-5-7-12(13)18-3)9-16-14(17)10(2)15/h5-7,10H,4,8-9H2,1-3H3,(H,16,17). The van der Waals surface area contributed by atoms with Gasteiger partial charge in [-0.1, -0.05) is 19.1 Å². The number of nitrogens with one attached hydrogen (secondary N) is 1. The van der Waals surface area contributed by atoms with Crippen LogP contribution >= 0.6 is 11.6 Å². The third-order valence-corrected chi connectivity index (χ3v) is 2.74. The molecule has 0 aliphatic heterocycles. The van der Waals surface area contributed by atoms with Gasteiger partial charge in [0.05, 0.1) is 13.7 Å². The second-order valence-corrected chi connectivity index (χ2v) is 4.79. The van der Waals surface area contributed by atoms with E-state index in [2.05, 4.69) is 5.32 Å². The van der Waals surface area contributed by atoms with Crippen molar-refractivity contribution in [2.45, 2.75) is 32.2 Å². The molecule has 1 aromatic carbocycles. The fourth-order valence-corrected chi connectivity index (χ4v) is 1.63. The van der Waals surface area contributed by atoms with E-state index in [4.69, 9.17) is 21.1 Å². The molecule has 0 spiro atoms. The highest BCUT2D eigenvalue weighted by atomic mass is 35.5. The van der Waals surface area contributed by atoms with E-state index in [1.807, 2.05) is 25.1 Å². The highest BCUT2D eigenvalue weighted by Gasteiger charge is 2.13. The molecule has 1 aromatic rings. The fraction of sp³-hybridized carbons (Fsp3) is 0.500. The molecule has 0 saturated carbocycles. The first kappa shape index (κ1) is 15.6. The molecule has 1 atom stereocenters. The minimum absolute atomic E-state index is 0.203. The molecule has 19 heavy (non-hydrogen) atoms. The number of carbonyl (C=O) groups is 1. The Labute approximate surface area is 119 Å². The number of halogens is 1. The Kier molecular flexibility index (Phi) is 6.50. The summed E-state index contributed by atoms with van der Waals surface area (Å²) in [5.41, 5.74) is 0.874. The average Bonchev–Trinajstić information content (AvgIpc) is 2.42. The van der Waals surface area contributed by atoms with Crippen LogP contribution in [0.3, 0.4) is 0 Å². The second-order valence-electron chi connectivity index (χ2n) is 4.13. The van der Waals surface area contributed by atoms with Crippen LogP contribution in [0.4, 0.5) is 0 Å². The van der Waals surface area contributed by atoms with E-state index in [0.29, 0.717) is 24.7 Å². The summed E-state index contributed by atoms with van der Waals surface area (Å²) in [5.74, 6) is 1.14. The molecular formula is C14H20ClNO3. The van der Waals surface area contributed by atoms with Crippen molar-refractivity contribution in [2.75, 3.05) is 13.7 Å². The third-order valence-electron chi connectivity index (χ3n) is 2.55. The molecule has 0 radical (unpaired) electrons. The van der Waals surface area contributed by atoms with Crippen molar-refractivity contribution in [3.8, 4) is 11.5 Å². The van der Waals surface area contributed by atoms with Gasteiger partial charge in [-0.15, -0.1) is 11.6 Å². The van der Waals surface area contributed by atoms with Crippen LogP contribution in [-0.4, -0.2) is 25.0 Å². The van der Waals surface area contributed by atoms with Crippen LogP contribution in [0.1, 0.15) is 25.8 Å². The Morgan fingerprint density at radius 3 is 2.79 bits per heavy atom. The normalized spacial score (nSPS) is 11.8. The minimum atomic E-state index is -0.550. The number of amides is 1. The Hall–Kier alpha value is -1.42. The summed E-state index contributed by atoms with van der Waals surface area (Å²) >= 11 is 5.71. The first-order chi connectivity index (χ1) is 9.10. The van der Waals surface area contributed by atoms with Crippen molar-refractivity contribution in [2.24, 2.45) is 0 Å². The molecule has 1 rings (SSSR count). The van der Waals surface area contributed by atoms with E-state index in [1.54, 1.807) is 14.0 Å². The summed E-state index contributed by atoms with van der Waals surface area (Å²) in [4.78, 5) is 11.5. The number of methoxy groups -OCH3 is 1. The van der Waals surface area contributed by atoms with Crippen LogP contribution in [0.5, 0.6) is 11.5 Å². The molecule has 0 saturated heterocycles. The lowest BCUT2D eigenvalue weighted by atomic mass is 10.2. The van der Waals surface area contributed by atoms with Crippen LogP contribution in [0.25, 0.3) is 0 Å². The quantitative estimate of drug-likeness (QED) is 0.784. The summed E-state index contributed by atoms with van der Waals surface area (Å²) in [6.45, 7) is 4.64. The molecule has 0 fully saturated rings. The second kappa shape index (κ2) is 7.89. The van der Waals surface area contributed by atoms with Gasteiger partial charge in [-0.3, -0.25) is 4.79 Å². The highest BCUT2D eigenvalue weighted by Crippen LogP contribution is 2.31. The summed E-state index contributed by atoms with van der Waals surface area (Å²) in [5, 5.41) is 2.21. The van der Waals surface area contributed by atoms with Gasteiger partial charge in [0.2, 0.25) is 5.91 Å². The lowest BCUT2D eigenvalue weighted by Crippen LogP contribution is -2.29. The molecule has 5 heteroatoms. The van der Waals surface area contributed by atoms with Crippen molar-refractivity contribution in [1.82, 2.24) is 5.32 Å². The Bertz CT molecular complexity index is 421. The Balaban J connectivity index is 2.83. The molecule has 0 aromatic heterocycles. The molecule has 0 heterocycles. The summed E-state index contributed by atoms with van der Waals surface area (Å²) in [6.07, 6.45) is 0.905. The smallest absolute Gasteiger partial charge is 0.238 e. The van der Waals surface area contributed by atoms with E-state index < -0.39 is 5.38 Å². The number of alkyl halides is 1. The molecule has 1 N–H and O–H groups in total. The lowest BCUT2D eigenvalue weighted by Gasteiger charge is -2.15. The van der Waals surface area contributed by atoms with Crippen LogP contribution in [0, 0.1) is 0 Å². The molecule has 0 aliphatic rings. The zero-order valence-electron chi connectivity index (χ0n) is 11.5. The predicted octanol–water partition coefficient (Wildman–Crippen LogP) is 2.73. The molecule has 1 amide bonds. The number of para-hydroxylation sites is 1. The van der Waals surface area contributed by atoms with Crippen LogP contribution in [0.2, 0.25) is 0 Å². The molecule has 106 valence electrons. The van der Waals surface area contributed by atoms with Crippen molar-refractivity contribution >= 4 is 17.5 Å². The van der Waals surface area contributed by atoms with Crippen molar-refractivity contribution in [3.63, 3.8) is 0 Å². The van der Waals surface area contributed by atoms with Crippen LogP contribution < -0.4 is 14.8 Å². The van der Waals surface area contributed by atoms with Crippen LogP contribution in [0.15, 0.2) is 18.2 Å². The number of hydrogen-bond acceptors (Lipinski definition) is 3. The number of benzene rings is 1. The van der Waals surface area contributed by atoms with E-state index in [-0.39, 0.29) is 5.91 Å². The minimum Gasteiger partial charge on any atom is -0.493 e. The van der Waals surface area contributed by atoms with Gasteiger partial charge >= 0.3 is 0 Å². The van der Waals surface area contributed by atoms with Crippen LogP contribution in [-0.2, 0) is 11.3 Å². The highest BCUT2D eigenvalue weighted by molar-refractivity contribution is 6.30. The zero-order chi connectivity index (χ0) is 14.3. The monoisotopic (exact) mass is 285 g/mol. The van der Waals surface area contributed by atoms with E-state index in [1.165, 1.54) is 0 Å². The third kappa shape index (κ3) is 4.63. The van der Waals surface area contributed by atoms with Gasteiger partial charge in [0.1, 0.15) is 5.38 Å². The molecule has 1 unspecified atom stereocenters. The largest absolute Gasteiger partial charge is 0.493 e. The molecular weight excluding hydrogens is 266 g/mol. The SMILES string of the molecule is CCCOc1c(CNC(=O)C(C)Cl)cccc1OC. The maximum atomic E-state index is 11.5. The number of carbonyl (C=O) groups excluding carboxylic acids is 1. The molecule has 0 aliphatic carbocycles. The van der Waals surface area contributed by atoms with Gasteiger partial charge < -0.3 is 14.8 Å². The summed E-state index contributed by atoms with van der Waals surface area (Å²) < 4.78 is 11.0. The van der Waals surface area contributed by atoms with E-state index >= 15 is 0 Å². The number of ether oxygens (including phenoxy) is 2. The van der Waals surface area contributed by atoms with Gasteiger partial charge in [-0.05, 0) is 19.4 Å². The number of hydrogen-bond donors (Lipinski definition) is 1. The van der Waals surface area contributed by atoms with Crippen molar-refractivity contribution in [1.29, 1.82) is 0 Å². The first-order valence-corrected chi connectivity index (χ1v) is 6.74. The Morgan fingerprint density at radius 2 is 2.21 bits per heavy atom. The topological polar surface area (TPSA) is 47.6 Å². The zero-order valence-corrected chi connectivity index (χ0v) is 12.3. The van der Waals surface area contributed by atoms with Crippen molar-refractivity contribution < 1.29 is 14.3 Å². The Morgan fingerprint density at radius 1 is 1.47 bits per heavy atom. The lowest BCUT2D eigenvalue weighted by molar-refractivity contribution is -0.120. The van der Waals surface area contributed by atoms with Gasteiger partial charge in [0.15, 0.2) is 11.5 Å². The predicted molar refractivity (Wildman–Crippen MR) is 75.9 cm³/mol. The summed E-state index contributed by atoms with van der Waals surface area (Å²) in [7, 11) is 1.59. The average molecular weight is 286 g/mol.